The number of amides is 1. The van der Waals surface area contributed by atoms with Gasteiger partial charge in [0.15, 0.2) is 0 Å². The van der Waals surface area contributed by atoms with E-state index in [0.29, 0.717) is 32.9 Å². The van der Waals surface area contributed by atoms with Gasteiger partial charge in [0.05, 0.1) is 26.4 Å². The second-order valence-electron chi connectivity index (χ2n) is 5.96. The molecule has 1 heterocycles. The van der Waals surface area contributed by atoms with Crippen molar-refractivity contribution >= 4 is 11.6 Å². The van der Waals surface area contributed by atoms with Crippen LogP contribution in [-0.2, 0) is 16.0 Å². The van der Waals surface area contributed by atoms with E-state index in [0.717, 1.165) is 17.9 Å². The van der Waals surface area contributed by atoms with Crippen LogP contribution < -0.4 is 10.1 Å². The van der Waals surface area contributed by atoms with Crippen LogP contribution in [0.1, 0.15) is 5.56 Å². The van der Waals surface area contributed by atoms with Gasteiger partial charge < -0.3 is 19.7 Å². The van der Waals surface area contributed by atoms with Gasteiger partial charge >= 0.3 is 0 Å². The fraction of sp³-hybridized carbons (Fsp3) is 0.350. The summed E-state index contributed by atoms with van der Waals surface area (Å²) in [4.78, 5) is 14.0. The first-order chi connectivity index (χ1) is 12.3. The fourth-order valence-electron chi connectivity index (χ4n) is 2.73. The second-order valence-corrected chi connectivity index (χ2v) is 5.96. The maximum absolute atomic E-state index is 12.2. The SMILES string of the molecule is O=C(CNc1cccc(OCCc2ccccc2)c1)N1CCOCC1. The van der Waals surface area contributed by atoms with Gasteiger partial charge in [0.25, 0.3) is 0 Å². The van der Waals surface area contributed by atoms with Crippen LogP contribution in [0.2, 0.25) is 0 Å². The van der Waals surface area contributed by atoms with Crippen LogP contribution in [0.5, 0.6) is 5.75 Å². The molecule has 5 heteroatoms. The van der Waals surface area contributed by atoms with Gasteiger partial charge in [-0.1, -0.05) is 36.4 Å². The highest BCUT2D eigenvalue weighted by atomic mass is 16.5. The first-order valence-electron chi connectivity index (χ1n) is 8.67. The lowest BCUT2D eigenvalue weighted by Crippen LogP contribution is -2.43. The standard InChI is InChI=1S/C20H24N2O3/c23-20(22-10-13-24-14-11-22)16-21-18-7-4-8-19(15-18)25-12-9-17-5-2-1-3-6-17/h1-8,15,21H,9-14,16H2. The van der Waals surface area contributed by atoms with Crippen molar-refractivity contribution in [2.45, 2.75) is 6.42 Å². The molecule has 3 rings (SSSR count). The smallest absolute Gasteiger partial charge is 0.242 e. The van der Waals surface area contributed by atoms with Gasteiger partial charge in [-0.25, -0.2) is 0 Å². The average Bonchev–Trinajstić information content (AvgIpc) is 2.68. The zero-order chi connectivity index (χ0) is 17.3. The van der Waals surface area contributed by atoms with Crippen LogP contribution in [0, 0.1) is 0 Å². The number of rotatable bonds is 7. The largest absolute Gasteiger partial charge is 0.493 e. The highest BCUT2D eigenvalue weighted by Gasteiger charge is 2.16. The van der Waals surface area contributed by atoms with E-state index in [4.69, 9.17) is 9.47 Å². The van der Waals surface area contributed by atoms with Crippen LogP contribution in [-0.4, -0.2) is 50.3 Å². The summed E-state index contributed by atoms with van der Waals surface area (Å²) in [7, 11) is 0. The summed E-state index contributed by atoms with van der Waals surface area (Å²) in [6.45, 7) is 3.49. The van der Waals surface area contributed by atoms with Crippen molar-refractivity contribution in [1.29, 1.82) is 0 Å². The Balaban J connectivity index is 1.45. The highest BCUT2D eigenvalue weighted by molar-refractivity contribution is 5.81. The molecule has 1 saturated heterocycles. The van der Waals surface area contributed by atoms with Crippen LogP contribution in [0.15, 0.2) is 54.6 Å². The molecule has 2 aromatic rings. The molecule has 1 aliphatic heterocycles. The first kappa shape index (κ1) is 17.3. The summed E-state index contributed by atoms with van der Waals surface area (Å²) in [6.07, 6.45) is 0.869. The van der Waals surface area contributed by atoms with Gasteiger partial charge in [-0.2, -0.15) is 0 Å². The lowest BCUT2D eigenvalue weighted by Gasteiger charge is -2.27. The fourth-order valence-corrected chi connectivity index (χ4v) is 2.73. The van der Waals surface area contributed by atoms with E-state index in [1.54, 1.807) is 0 Å². The van der Waals surface area contributed by atoms with Crippen LogP contribution in [0.3, 0.4) is 0 Å². The molecule has 1 aliphatic rings. The molecule has 1 amide bonds. The number of nitrogens with zero attached hydrogens (tertiary/aromatic N) is 1. The van der Waals surface area contributed by atoms with E-state index in [2.05, 4.69) is 17.4 Å². The Hall–Kier alpha value is -2.53. The van der Waals surface area contributed by atoms with Gasteiger partial charge in [0.2, 0.25) is 5.91 Å². The number of anilines is 1. The second kappa shape index (κ2) is 9.08. The number of nitrogens with one attached hydrogen (secondary N) is 1. The van der Waals surface area contributed by atoms with E-state index in [1.807, 2.05) is 47.4 Å². The Morgan fingerprint density at radius 1 is 1.08 bits per heavy atom. The molecule has 0 aromatic heterocycles. The maximum atomic E-state index is 12.2. The zero-order valence-corrected chi connectivity index (χ0v) is 14.3. The maximum Gasteiger partial charge on any atom is 0.242 e. The van der Waals surface area contributed by atoms with Gasteiger partial charge in [0.1, 0.15) is 5.75 Å². The predicted molar refractivity (Wildman–Crippen MR) is 98.0 cm³/mol. The predicted octanol–water partition coefficient (Wildman–Crippen LogP) is 2.58. The summed E-state index contributed by atoms with van der Waals surface area (Å²) in [5.41, 5.74) is 2.15. The third-order valence-corrected chi connectivity index (χ3v) is 4.14. The molecule has 0 radical (unpaired) electrons. The molecule has 5 nitrogen and oxygen atoms in total. The Labute approximate surface area is 148 Å². The van der Waals surface area contributed by atoms with Crippen molar-refractivity contribution in [3.8, 4) is 5.75 Å². The molecule has 0 atom stereocenters. The molecule has 0 unspecified atom stereocenters. The summed E-state index contributed by atoms with van der Waals surface area (Å²) in [5.74, 6) is 0.901. The molecule has 25 heavy (non-hydrogen) atoms. The molecule has 0 saturated carbocycles. The van der Waals surface area contributed by atoms with E-state index in [1.165, 1.54) is 5.56 Å². The lowest BCUT2D eigenvalue weighted by molar-refractivity contribution is -0.133. The summed E-state index contributed by atoms with van der Waals surface area (Å²) in [6, 6.07) is 18.0. The van der Waals surface area contributed by atoms with Crippen molar-refractivity contribution in [2.75, 3.05) is 44.8 Å². The zero-order valence-electron chi connectivity index (χ0n) is 14.3. The molecule has 2 aromatic carbocycles. The molecule has 0 spiro atoms. The summed E-state index contributed by atoms with van der Waals surface area (Å²) < 4.78 is 11.1. The number of morpholine rings is 1. The number of hydrogen-bond donors (Lipinski definition) is 1. The lowest BCUT2D eigenvalue weighted by atomic mass is 10.2. The van der Waals surface area contributed by atoms with Gasteiger partial charge in [0, 0.05) is 31.3 Å². The Kier molecular flexibility index (Phi) is 6.29. The van der Waals surface area contributed by atoms with Gasteiger partial charge in [-0.3, -0.25) is 4.79 Å². The van der Waals surface area contributed by atoms with Crippen molar-refractivity contribution < 1.29 is 14.3 Å². The molecule has 0 aliphatic carbocycles. The van der Waals surface area contributed by atoms with Crippen molar-refractivity contribution in [2.24, 2.45) is 0 Å². The first-order valence-corrected chi connectivity index (χ1v) is 8.67. The minimum atomic E-state index is 0.0960. The molecule has 132 valence electrons. The van der Waals surface area contributed by atoms with Crippen molar-refractivity contribution in [3.63, 3.8) is 0 Å². The van der Waals surface area contributed by atoms with Crippen LogP contribution >= 0.6 is 0 Å². The third-order valence-electron chi connectivity index (χ3n) is 4.14. The highest BCUT2D eigenvalue weighted by Crippen LogP contribution is 2.17. The molecular weight excluding hydrogens is 316 g/mol. The van der Waals surface area contributed by atoms with Crippen LogP contribution in [0.4, 0.5) is 5.69 Å². The minimum Gasteiger partial charge on any atom is -0.493 e. The van der Waals surface area contributed by atoms with Gasteiger partial charge in [-0.05, 0) is 17.7 Å². The molecule has 1 N–H and O–H groups in total. The average molecular weight is 340 g/mol. The molecule has 0 bridgehead atoms. The van der Waals surface area contributed by atoms with E-state index in [9.17, 15) is 4.79 Å². The monoisotopic (exact) mass is 340 g/mol. The summed E-state index contributed by atoms with van der Waals surface area (Å²) in [5, 5.41) is 3.18. The van der Waals surface area contributed by atoms with Crippen molar-refractivity contribution in [1.82, 2.24) is 4.90 Å². The number of carbonyl (C=O) groups is 1. The number of carbonyl (C=O) groups excluding carboxylic acids is 1. The Bertz CT molecular complexity index is 670. The van der Waals surface area contributed by atoms with E-state index >= 15 is 0 Å². The van der Waals surface area contributed by atoms with Crippen LogP contribution in [0.25, 0.3) is 0 Å². The van der Waals surface area contributed by atoms with Gasteiger partial charge in [-0.15, -0.1) is 0 Å². The normalized spacial score (nSPS) is 14.2. The number of benzene rings is 2. The minimum absolute atomic E-state index is 0.0960. The quantitative estimate of drug-likeness (QED) is 0.842. The summed E-state index contributed by atoms with van der Waals surface area (Å²) >= 11 is 0. The molecule has 1 fully saturated rings. The molecular formula is C20H24N2O3. The topological polar surface area (TPSA) is 50.8 Å². The van der Waals surface area contributed by atoms with E-state index in [-0.39, 0.29) is 12.5 Å². The Morgan fingerprint density at radius 3 is 2.68 bits per heavy atom. The third kappa shape index (κ3) is 5.50. The number of hydrogen-bond acceptors (Lipinski definition) is 4. The van der Waals surface area contributed by atoms with Crippen molar-refractivity contribution in [3.05, 3.63) is 60.2 Å². The van der Waals surface area contributed by atoms with E-state index < -0.39 is 0 Å². The number of ether oxygens (including phenoxy) is 2. The Morgan fingerprint density at radius 2 is 1.88 bits per heavy atom.